The summed E-state index contributed by atoms with van der Waals surface area (Å²) in [6.45, 7) is 6.22. The summed E-state index contributed by atoms with van der Waals surface area (Å²) >= 11 is 0. The van der Waals surface area contributed by atoms with Crippen LogP contribution >= 0.6 is 0 Å². The first kappa shape index (κ1) is 27.1. The van der Waals surface area contributed by atoms with Gasteiger partial charge >= 0.3 is 0 Å². The Labute approximate surface area is 220 Å². The summed E-state index contributed by atoms with van der Waals surface area (Å²) < 4.78 is 0. The maximum absolute atomic E-state index is 12.8. The lowest BCUT2D eigenvalue weighted by Gasteiger charge is -2.42. The number of piperidine rings is 1. The largest absolute Gasteiger partial charge is 0.508 e. The van der Waals surface area contributed by atoms with Crippen molar-refractivity contribution in [2.45, 2.75) is 50.5 Å². The summed E-state index contributed by atoms with van der Waals surface area (Å²) in [6, 6.07) is 24.9. The van der Waals surface area contributed by atoms with Crippen molar-refractivity contribution in [1.82, 2.24) is 4.90 Å². The van der Waals surface area contributed by atoms with Crippen LogP contribution in [0.5, 0.6) is 5.75 Å². The average molecular weight is 502 g/mol. The first-order valence-corrected chi connectivity index (χ1v) is 13.3. The van der Waals surface area contributed by atoms with E-state index >= 15 is 0 Å². The third-order valence-corrected chi connectivity index (χ3v) is 7.93. The zero-order valence-corrected chi connectivity index (χ0v) is 21.9. The van der Waals surface area contributed by atoms with Crippen LogP contribution < -0.4 is 0 Å². The van der Waals surface area contributed by atoms with Crippen molar-refractivity contribution in [2.75, 3.05) is 26.2 Å². The van der Waals surface area contributed by atoms with Gasteiger partial charge in [-0.3, -0.25) is 4.79 Å². The van der Waals surface area contributed by atoms with Crippen LogP contribution in [0.4, 0.5) is 0 Å². The minimum Gasteiger partial charge on any atom is -0.508 e. The Balaban J connectivity index is 1.33. The first-order chi connectivity index (χ1) is 17.8. The van der Waals surface area contributed by atoms with E-state index in [4.69, 9.17) is 0 Å². The Bertz CT molecular complexity index is 1130. The van der Waals surface area contributed by atoms with Crippen molar-refractivity contribution in [2.24, 2.45) is 5.92 Å². The van der Waals surface area contributed by atoms with E-state index in [9.17, 15) is 20.1 Å². The van der Waals surface area contributed by atoms with Gasteiger partial charge < -0.3 is 20.2 Å². The molecule has 196 valence electrons. The molecule has 0 unspecified atom stereocenters. The van der Waals surface area contributed by atoms with Gasteiger partial charge in [0.25, 0.3) is 0 Å². The normalized spacial score (nSPS) is 15.6. The molecular weight excluding hydrogens is 462 g/mol. The Morgan fingerprint density at radius 1 is 0.919 bits per heavy atom. The highest BCUT2D eigenvalue weighted by atomic mass is 16.3. The SMILES string of the molecule is CC(C)(CO)c1ccc(C(=O)CCCN2CCC(C(O)(c3ccccc3)c3ccccc3)CC2)cc1O. The molecule has 37 heavy (non-hydrogen) atoms. The summed E-state index contributed by atoms with van der Waals surface area (Å²) in [5, 5.41) is 32.0. The number of phenols is 1. The number of ketones is 1. The van der Waals surface area contributed by atoms with E-state index in [2.05, 4.69) is 4.90 Å². The monoisotopic (exact) mass is 501 g/mol. The highest BCUT2D eigenvalue weighted by Gasteiger charge is 2.41. The zero-order chi connectivity index (χ0) is 26.5. The number of aromatic hydroxyl groups is 1. The second kappa shape index (κ2) is 11.6. The fourth-order valence-electron chi connectivity index (χ4n) is 5.57. The molecule has 0 aliphatic carbocycles. The zero-order valence-electron chi connectivity index (χ0n) is 21.9. The number of hydrogen-bond acceptors (Lipinski definition) is 5. The second-order valence-corrected chi connectivity index (χ2v) is 10.9. The number of nitrogens with zero attached hydrogens (tertiary/aromatic N) is 1. The molecule has 0 radical (unpaired) electrons. The maximum Gasteiger partial charge on any atom is 0.163 e. The fraction of sp³-hybridized carbons (Fsp3) is 0.406. The van der Waals surface area contributed by atoms with E-state index in [1.807, 2.05) is 74.5 Å². The molecule has 1 fully saturated rings. The Morgan fingerprint density at radius 2 is 1.49 bits per heavy atom. The molecule has 0 bridgehead atoms. The smallest absolute Gasteiger partial charge is 0.163 e. The van der Waals surface area contributed by atoms with Crippen LogP contribution in [0.2, 0.25) is 0 Å². The summed E-state index contributed by atoms with van der Waals surface area (Å²) in [5.74, 6) is 0.178. The molecule has 4 rings (SSSR count). The lowest BCUT2D eigenvalue weighted by Crippen LogP contribution is -2.44. The topological polar surface area (TPSA) is 81.0 Å². The molecule has 0 aromatic heterocycles. The molecule has 1 heterocycles. The molecule has 3 aromatic carbocycles. The number of carbonyl (C=O) groups excluding carboxylic acids is 1. The molecule has 0 atom stereocenters. The van der Waals surface area contributed by atoms with E-state index in [1.54, 1.807) is 12.1 Å². The molecule has 0 spiro atoms. The Morgan fingerprint density at radius 3 is 2.00 bits per heavy atom. The van der Waals surface area contributed by atoms with E-state index in [-0.39, 0.29) is 24.1 Å². The van der Waals surface area contributed by atoms with Gasteiger partial charge in [-0.15, -0.1) is 0 Å². The standard InChI is InChI=1S/C32H39NO4/c1-31(2,23-34)28-16-15-24(22-30(28)36)29(35)14-9-19-33-20-17-27(18-21-33)32(37,25-10-5-3-6-11-25)26-12-7-4-8-13-26/h3-8,10-13,15-16,22,27,34,36-37H,9,14,17-21,23H2,1-2H3. The molecule has 3 aromatic rings. The van der Waals surface area contributed by atoms with Crippen LogP contribution in [-0.4, -0.2) is 52.2 Å². The molecule has 0 saturated carbocycles. The third kappa shape index (κ3) is 5.96. The molecule has 3 N–H and O–H groups in total. The minimum atomic E-state index is -1.02. The molecule has 1 aliphatic rings. The van der Waals surface area contributed by atoms with Crippen LogP contribution in [0.25, 0.3) is 0 Å². The molecule has 5 nitrogen and oxygen atoms in total. The summed E-state index contributed by atoms with van der Waals surface area (Å²) in [4.78, 5) is 15.1. The molecule has 0 amide bonds. The van der Waals surface area contributed by atoms with Gasteiger partial charge in [-0.1, -0.05) is 86.6 Å². The Kier molecular flexibility index (Phi) is 8.48. The third-order valence-electron chi connectivity index (χ3n) is 7.93. The first-order valence-electron chi connectivity index (χ1n) is 13.3. The number of rotatable bonds is 10. The van der Waals surface area contributed by atoms with E-state index in [0.29, 0.717) is 17.5 Å². The van der Waals surface area contributed by atoms with Crippen molar-refractivity contribution in [3.05, 3.63) is 101 Å². The van der Waals surface area contributed by atoms with Crippen molar-refractivity contribution in [3.8, 4) is 5.75 Å². The summed E-state index contributed by atoms with van der Waals surface area (Å²) in [5.41, 5.74) is 1.42. The molecular formula is C32H39NO4. The molecule has 1 saturated heterocycles. The predicted molar refractivity (Wildman–Crippen MR) is 147 cm³/mol. The molecule has 1 aliphatic heterocycles. The van der Waals surface area contributed by atoms with Gasteiger partial charge in [0.05, 0.1) is 6.61 Å². The quantitative estimate of drug-likeness (QED) is 0.330. The van der Waals surface area contributed by atoms with E-state index in [1.165, 1.54) is 6.07 Å². The van der Waals surface area contributed by atoms with Gasteiger partial charge in [-0.25, -0.2) is 0 Å². The van der Waals surface area contributed by atoms with Gasteiger partial charge in [0.2, 0.25) is 0 Å². The van der Waals surface area contributed by atoms with E-state index in [0.717, 1.165) is 50.0 Å². The highest BCUT2D eigenvalue weighted by Crippen LogP contribution is 2.42. The average Bonchev–Trinajstić information content (AvgIpc) is 2.93. The number of likely N-dealkylation sites (tertiary alicyclic amines) is 1. The van der Waals surface area contributed by atoms with Gasteiger partial charge in [0, 0.05) is 23.0 Å². The van der Waals surface area contributed by atoms with Crippen LogP contribution in [0, 0.1) is 5.92 Å². The Hall–Kier alpha value is -2.99. The van der Waals surface area contributed by atoms with Crippen molar-refractivity contribution in [3.63, 3.8) is 0 Å². The molecule has 5 heteroatoms. The number of hydrogen-bond donors (Lipinski definition) is 3. The lowest BCUT2D eigenvalue weighted by atomic mass is 9.72. The van der Waals surface area contributed by atoms with Gasteiger partial charge in [0.15, 0.2) is 5.78 Å². The second-order valence-electron chi connectivity index (χ2n) is 10.9. The number of Topliss-reactive ketones (excluding diaryl/α,β-unsaturated/α-hetero) is 1. The fourth-order valence-corrected chi connectivity index (χ4v) is 5.57. The van der Waals surface area contributed by atoms with Crippen molar-refractivity contribution < 1.29 is 20.1 Å². The van der Waals surface area contributed by atoms with Gasteiger partial charge in [0.1, 0.15) is 11.4 Å². The number of aliphatic hydroxyl groups excluding tert-OH is 1. The number of phenolic OH excluding ortho intramolecular Hbond substituents is 1. The lowest BCUT2D eigenvalue weighted by molar-refractivity contribution is -0.0142. The number of aliphatic hydroxyl groups is 2. The number of carbonyl (C=O) groups is 1. The minimum absolute atomic E-state index is 0.0149. The van der Waals surface area contributed by atoms with Crippen LogP contribution in [0.3, 0.4) is 0 Å². The van der Waals surface area contributed by atoms with Crippen molar-refractivity contribution in [1.29, 1.82) is 0 Å². The van der Waals surface area contributed by atoms with Gasteiger partial charge in [-0.05, 0) is 62.0 Å². The summed E-state index contributed by atoms with van der Waals surface area (Å²) in [6.07, 6.45) is 2.92. The number of benzene rings is 3. The van der Waals surface area contributed by atoms with Crippen molar-refractivity contribution >= 4 is 5.78 Å². The van der Waals surface area contributed by atoms with Crippen LogP contribution in [0.15, 0.2) is 78.9 Å². The van der Waals surface area contributed by atoms with E-state index < -0.39 is 11.0 Å². The predicted octanol–water partition coefficient (Wildman–Crippen LogP) is 5.27. The summed E-state index contributed by atoms with van der Waals surface area (Å²) in [7, 11) is 0. The van der Waals surface area contributed by atoms with Gasteiger partial charge in [-0.2, -0.15) is 0 Å². The van der Waals surface area contributed by atoms with Crippen LogP contribution in [-0.2, 0) is 11.0 Å². The van der Waals surface area contributed by atoms with Crippen LogP contribution in [0.1, 0.15) is 66.6 Å². The maximum atomic E-state index is 12.8. The highest BCUT2D eigenvalue weighted by molar-refractivity contribution is 5.96.